The quantitative estimate of drug-likeness (QED) is 0.335. The summed E-state index contributed by atoms with van der Waals surface area (Å²) in [5, 5.41) is 0. The molecule has 3 nitrogen and oxygen atoms in total. The lowest BCUT2D eigenvalue weighted by molar-refractivity contribution is 0.501. The van der Waals surface area contributed by atoms with E-state index in [4.69, 9.17) is 13.2 Å². The Balaban J connectivity index is 0. The topological polar surface area (TPSA) is 54.4 Å². The predicted molar refractivity (Wildman–Crippen MR) is 23.3 cm³/mol. The maximum Gasteiger partial charge on any atom is 0.476 e. The van der Waals surface area contributed by atoms with Gasteiger partial charge in [0, 0.05) is 0 Å². The zero-order valence-electron chi connectivity index (χ0n) is 3.43. The molecule has 0 radical (unpaired) electrons. The third-order valence-corrected chi connectivity index (χ3v) is 0. The van der Waals surface area contributed by atoms with Gasteiger partial charge in [0.15, 0.2) is 0 Å². The van der Waals surface area contributed by atoms with Gasteiger partial charge in [-0.25, -0.2) is 0 Å². The molecule has 0 heterocycles. The van der Waals surface area contributed by atoms with E-state index in [9.17, 15) is 7.77 Å². The van der Waals surface area contributed by atoms with E-state index in [-0.39, 0.29) is 0 Å². The molecular weight excluding hydrogens is 146 g/mol. The number of halogens is 2. The van der Waals surface area contributed by atoms with Crippen LogP contribution in [0.15, 0.2) is 0 Å². The summed E-state index contributed by atoms with van der Waals surface area (Å²) in [5.74, 6) is 0. The van der Waals surface area contributed by atoms with Crippen LogP contribution in [-0.4, -0.2) is 23.7 Å². The van der Waals surface area contributed by atoms with Crippen LogP contribution < -0.4 is 0 Å². The van der Waals surface area contributed by atoms with Gasteiger partial charge in [0.05, 0.1) is 0 Å². The molecule has 0 aliphatic rings. The van der Waals surface area contributed by atoms with Gasteiger partial charge >= 0.3 is 10.6 Å². The van der Waals surface area contributed by atoms with Crippen LogP contribution in [0.25, 0.3) is 0 Å². The van der Waals surface area contributed by atoms with E-state index in [1.54, 1.807) is 0 Å². The first-order chi connectivity index (χ1) is 3.00. The van der Waals surface area contributed by atoms with Crippen molar-refractivity contribution in [3.05, 3.63) is 0 Å². The van der Waals surface area contributed by atoms with Gasteiger partial charge in [-0.1, -0.05) is 7.77 Å². The highest BCUT2D eigenvalue weighted by Crippen LogP contribution is 1.85. The predicted octanol–water partition coefficient (Wildman–Crippen LogP) is -1.57. The first kappa shape index (κ1) is 10.1. The molecule has 7 heavy (non-hydrogen) atoms. The molecule has 0 fully saturated rings. The lowest BCUT2D eigenvalue weighted by Gasteiger charge is -1.57. The second-order valence-corrected chi connectivity index (χ2v) is 1.14. The standard InChI is InChI=1S/F2O2S.H4OSi/c1-5(2,3)4;1-2/h;1H,2H3. The first-order valence-electron chi connectivity index (χ1n) is 1.09. The number of hydrogen-bond donors (Lipinski definition) is 1. The summed E-state index contributed by atoms with van der Waals surface area (Å²) in [6.07, 6.45) is 0. The Morgan fingerprint density at radius 3 is 1.29 bits per heavy atom. The van der Waals surface area contributed by atoms with Crippen molar-refractivity contribution in [2.75, 3.05) is 0 Å². The monoisotopic (exact) mass is 150 g/mol. The molecule has 0 saturated carbocycles. The summed E-state index contributed by atoms with van der Waals surface area (Å²) in [7, 11) is -5.36. The zero-order chi connectivity index (χ0) is 6.50. The van der Waals surface area contributed by atoms with Crippen molar-refractivity contribution < 1.29 is 21.0 Å². The summed E-state index contributed by atoms with van der Waals surface area (Å²) in [6, 6.07) is 0. The Labute approximate surface area is 43.0 Å². The highest BCUT2D eigenvalue weighted by molar-refractivity contribution is 7.81. The molecule has 0 unspecified atom stereocenters. The van der Waals surface area contributed by atoms with Crippen molar-refractivity contribution in [3.63, 3.8) is 0 Å². The van der Waals surface area contributed by atoms with Gasteiger partial charge in [0.25, 0.3) is 0 Å². The molecule has 1 N–H and O–H groups in total. The SMILES string of the molecule is O=S(=O)(F)F.O[SiH3]. The van der Waals surface area contributed by atoms with Gasteiger partial charge in [0.2, 0.25) is 0 Å². The van der Waals surface area contributed by atoms with Crippen molar-refractivity contribution in [1.29, 1.82) is 0 Å². The highest BCUT2D eigenvalue weighted by Gasteiger charge is 1.94. The number of rotatable bonds is 0. The van der Waals surface area contributed by atoms with Crippen LogP contribution in [0.2, 0.25) is 0 Å². The normalized spacial score (nSPS) is 9.57. The summed E-state index contributed by atoms with van der Waals surface area (Å²) >= 11 is 0. The van der Waals surface area contributed by atoms with Crippen molar-refractivity contribution in [3.8, 4) is 0 Å². The van der Waals surface area contributed by atoms with Gasteiger partial charge in [-0.15, -0.1) is 0 Å². The average molecular weight is 150 g/mol. The molecule has 0 saturated heterocycles. The minimum Gasteiger partial charge on any atom is -0.442 e. The Morgan fingerprint density at radius 2 is 1.29 bits per heavy atom. The first-order valence-corrected chi connectivity index (χ1v) is 3.27. The lowest BCUT2D eigenvalue weighted by atomic mass is 15.9. The molecule has 0 aliphatic carbocycles. The molecule has 0 amide bonds. The Kier molecular flexibility index (Phi) is 5.98. The molecule has 0 aromatic rings. The van der Waals surface area contributed by atoms with E-state index >= 15 is 0 Å². The maximum absolute atomic E-state index is 9.99. The van der Waals surface area contributed by atoms with Crippen molar-refractivity contribution in [2.45, 2.75) is 0 Å². The molecular formula is H4F2O3SSi. The van der Waals surface area contributed by atoms with Crippen LogP contribution >= 0.6 is 0 Å². The summed E-state index contributed by atoms with van der Waals surface area (Å²) in [6.45, 7) is 0. The third-order valence-electron chi connectivity index (χ3n) is 0. The molecule has 0 aliphatic heterocycles. The molecule has 0 rings (SSSR count). The maximum atomic E-state index is 9.99. The molecule has 0 atom stereocenters. The zero-order valence-corrected chi connectivity index (χ0v) is 6.24. The fraction of sp³-hybridized carbons (Fsp3) is 0. The van der Waals surface area contributed by atoms with Gasteiger partial charge in [0.1, 0.15) is 10.5 Å². The fourth-order valence-electron chi connectivity index (χ4n) is 0. The van der Waals surface area contributed by atoms with Crippen LogP contribution in [0.4, 0.5) is 7.77 Å². The second kappa shape index (κ2) is 4.15. The summed E-state index contributed by atoms with van der Waals surface area (Å²) in [4.78, 5) is 7.14. The van der Waals surface area contributed by atoms with Gasteiger partial charge in [-0.2, -0.15) is 8.42 Å². The third kappa shape index (κ3) is 553000. The van der Waals surface area contributed by atoms with E-state index in [1.807, 2.05) is 0 Å². The highest BCUT2D eigenvalue weighted by atomic mass is 32.3. The van der Waals surface area contributed by atoms with Crippen LogP contribution in [-0.2, 0) is 10.6 Å². The van der Waals surface area contributed by atoms with Gasteiger partial charge < -0.3 is 4.80 Å². The van der Waals surface area contributed by atoms with E-state index in [2.05, 4.69) is 0 Å². The van der Waals surface area contributed by atoms with E-state index in [0.29, 0.717) is 10.5 Å². The average Bonchev–Trinajstić information content (AvgIpc) is 1.36. The Morgan fingerprint density at radius 1 is 1.29 bits per heavy atom. The molecule has 7 heteroatoms. The van der Waals surface area contributed by atoms with Crippen LogP contribution in [0.3, 0.4) is 0 Å². The Bertz CT molecular complexity index is 96.1. The second-order valence-electron chi connectivity index (χ2n) is 0.378. The van der Waals surface area contributed by atoms with Crippen LogP contribution in [0, 0.1) is 0 Å². The number of hydrogen-bond acceptors (Lipinski definition) is 3. The van der Waals surface area contributed by atoms with Crippen molar-refractivity contribution >= 4 is 21.1 Å². The molecule has 0 aromatic heterocycles. The van der Waals surface area contributed by atoms with Gasteiger partial charge in [-0.05, 0) is 0 Å². The minimum absolute atomic E-state index is 0.306. The summed E-state index contributed by atoms with van der Waals surface area (Å²) < 4.78 is 36.6. The molecule has 0 spiro atoms. The fourth-order valence-corrected chi connectivity index (χ4v) is 0. The largest absolute Gasteiger partial charge is 0.476 e. The van der Waals surface area contributed by atoms with Crippen LogP contribution in [0.1, 0.15) is 0 Å². The Hall–Kier alpha value is -0.0131. The van der Waals surface area contributed by atoms with Gasteiger partial charge in [-0.3, -0.25) is 0 Å². The van der Waals surface area contributed by atoms with Crippen molar-refractivity contribution in [1.82, 2.24) is 0 Å². The van der Waals surface area contributed by atoms with E-state index < -0.39 is 10.6 Å². The smallest absolute Gasteiger partial charge is 0.442 e. The van der Waals surface area contributed by atoms with E-state index in [0.717, 1.165) is 0 Å². The molecule has 46 valence electrons. The van der Waals surface area contributed by atoms with Crippen LogP contribution in [0.5, 0.6) is 0 Å². The minimum atomic E-state index is -5.67. The molecule has 0 bridgehead atoms. The lowest BCUT2D eigenvalue weighted by Crippen LogP contribution is -1.69. The molecule has 0 aromatic carbocycles. The van der Waals surface area contributed by atoms with Crippen molar-refractivity contribution in [2.24, 2.45) is 0 Å². The van der Waals surface area contributed by atoms with E-state index in [1.165, 1.54) is 0 Å². The summed E-state index contributed by atoms with van der Waals surface area (Å²) in [5.41, 5.74) is 0.